The number of aromatic amines is 1. The van der Waals surface area contributed by atoms with Gasteiger partial charge in [0.25, 0.3) is 5.56 Å². The van der Waals surface area contributed by atoms with Gasteiger partial charge in [0, 0.05) is 18.6 Å². The number of hydrogen-bond acceptors (Lipinski definition) is 3. The van der Waals surface area contributed by atoms with Crippen LogP contribution in [0.5, 0.6) is 0 Å². The van der Waals surface area contributed by atoms with Crippen LogP contribution in [0.25, 0.3) is 0 Å². The molecule has 0 unspecified atom stereocenters. The quantitative estimate of drug-likeness (QED) is 0.680. The summed E-state index contributed by atoms with van der Waals surface area (Å²) in [6.45, 7) is -0.0423. The first-order valence-corrected chi connectivity index (χ1v) is 6.49. The zero-order valence-electron chi connectivity index (χ0n) is 7.83. The molecule has 0 fully saturated rings. The van der Waals surface area contributed by atoms with Gasteiger partial charge in [0.2, 0.25) is 0 Å². The van der Waals surface area contributed by atoms with Crippen molar-refractivity contribution in [3.63, 3.8) is 0 Å². The van der Waals surface area contributed by atoms with Crippen molar-refractivity contribution in [3.05, 3.63) is 43.4 Å². The molecule has 0 atom stereocenters. The number of hydrogen-bond donors (Lipinski definition) is 3. The maximum absolute atomic E-state index is 11.2. The molecule has 3 N–H and O–H groups in total. The molecule has 0 spiro atoms. The Labute approximate surface area is 97.7 Å². The molecule has 0 saturated carbocycles. The molecular weight excluding hydrogens is 303 g/mol. The lowest BCUT2D eigenvalue weighted by molar-refractivity contribution is 0.386. The zero-order chi connectivity index (χ0) is 12.3. The fraction of sp³-hybridized carbons (Fsp3) is 0.143. The topological polar surface area (TPSA) is 112 Å². The molecule has 0 aliphatic rings. The first-order valence-electron chi connectivity index (χ1n) is 4.02. The van der Waals surface area contributed by atoms with E-state index in [0.29, 0.717) is 5.82 Å². The molecule has 0 aromatic carbocycles. The molecule has 1 aromatic heterocycles. The van der Waals surface area contributed by atoms with Gasteiger partial charge in [0.1, 0.15) is 0 Å². The number of aromatic nitrogens is 2. The lowest BCUT2D eigenvalue weighted by atomic mass is 10.5. The molecule has 0 saturated heterocycles. The highest BCUT2D eigenvalue weighted by Crippen LogP contribution is 2.35. The van der Waals surface area contributed by atoms with Crippen LogP contribution in [0.2, 0.25) is 0 Å². The fourth-order valence-corrected chi connectivity index (χ4v) is 1.63. The normalized spacial score (nSPS) is 12.2. The molecule has 16 heavy (non-hydrogen) atoms. The molecular formula is C7H8BrN2O5P. The molecule has 88 valence electrons. The van der Waals surface area contributed by atoms with Crippen molar-refractivity contribution in [1.29, 1.82) is 0 Å². The Kier molecular flexibility index (Phi) is 4.03. The van der Waals surface area contributed by atoms with Crippen molar-refractivity contribution in [1.82, 2.24) is 9.55 Å². The Morgan fingerprint density at radius 2 is 2.12 bits per heavy atom. The zero-order valence-corrected chi connectivity index (χ0v) is 10.3. The summed E-state index contributed by atoms with van der Waals surface area (Å²) >= 11 is 2.93. The minimum absolute atomic E-state index is 0.0423. The predicted octanol–water partition coefficient (Wildman–Crippen LogP) is -0.00950. The van der Waals surface area contributed by atoms with Gasteiger partial charge in [-0.3, -0.25) is 18.9 Å². The van der Waals surface area contributed by atoms with Crippen LogP contribution in [0, 0.1) is 0 Å². The molecule has 9 heteroatoms. The van der Waals surface area contributed by atoms with Crippen LogP contribution in [-0.4, -0.2) is 19.3 Å². The Balaban J connectivity index is 2.96. The molecule has 0 aliphatic heterocycles. The van der Waals surface area contributed by atoms with Gasteiger partial charge in [0.05, 0.1) is 4.47 Å². The minimum Gasteiger partial charge on any atom is -0.321 e. The summed E-state index contributed by atoms with van der Waals surface area (Å²) in [7, 11) is -4.22. The van der Waals surface area contributed by atoms with Crippen LogP contribution in [0.15, 0.2) is 32.2 Å². The van der Waals surface area contributed by atoms with E-state index in [0.717, 1.165) is 10.6 Å². The van der Waals surface area contributed by atoms with E-state index >= 15 is 0 Å². The van der Waals surface area contributed by atoms with Crippen LogP contribution in [0.1, 0.15) is 0 Å². The van der Waals surface area contributed by atoms with Gasteiger partial charge in [0.15, 0.2) is 0 Å². The second-order valence-corrected chi connectivity index (χ2v) is 5.19. The molecule has 0 radical (unpaired) electrons. The number of nitrogens with one attached hydrogen (secondary N) is 1. The number of rotatable bonds is 3. The van der Waals surface area contributed by atoms with Gasteiger partial charge in [-0.25, -0.2) is 4.79 Å². The maximum Gasteiger partial charge on any atom is 0.348 e. The molecule has 1 aromatic rings. The van der Waals surface area contributed by atoms with Crippen molar-refractivity contribution in [2.75, 3.05) is 0 Å². The molecule has 0 aliphatic carbocycles. The third-order valence-corrected chi connectivity index (χ3v) is 2.73. The number of halogens is 1. The Morgan fingerprint density at radius 1 is 1.50 bits per heavy atom. The van der Waals surface area contributed by atoms with Crippen molar-refractivity contribution >= 4 is 23.5 Å². The molecule has 0 bridgehead atoms. The lowest BCUT2D eigenvalue weighted by Gasteiger charge is -2.01. The third kappa shape index (κ3) is 3.90. The average molecular weight is 311 g/mol. The van der Waals surface area contributed by atoms with Crippen molar-refractivity contribution in [2.45, 2.75) is 6.54 Å². The van der Waals surface area contributed by atoms with E-state index in [1.807, 2.05) is 4.98 Å². The number of H-pyrrole nitrogens is 1. The maximum atomic E-state index is 11.2. The predicted molar refractivity (Wildman–Crippen MR) is 60.2 cm³/mol. The highest BCUT2D eigenvalue weighted by molar-refractivity contribution is 9.10. The molecule has 7 nitrogen and oxygen atoms in total. The van der Waals surface area contributed by atoms with Crippen molar-refractivity contribution in [2.24, 2.45) is 0 Å². The van der Waals surface area contributed by atoms with E-state index in [1.54, 1.807) is 0 Å². The van der Waals surface area contributed by atoms with E-state index < -0.39 is 18.8 Å². The SMILES string of the molecule is O=c1[nH]c(=O)n(C/C=C/P(=O)(O)O)cc1Br. The Morgan fingerprint density at radius 3 is 2.69 bits per heavy atom. The summed E-state index contributed by atoms with van der Waals surface area (Å²) in [5.74, 6) is 0.693. The monoisotopic (exact) mass is 310 g/mol. The summed E-state index contributed by atoms with van der Waals surface area (Å²) in [4.78, 5) is 41.3. The largest absolute Gasteiger partial charge is 0.348 e. The molecule has 1 heterocycles. The highest BCUT2D eigenvalue weighted by atomic mass is 79.9. The van der Waals surface area contributed by atoms with Gasteiger partial charge in [-0.1, -0.05) is 6.08 Å². The van der Waals surface area contributed by atoms with Crippen molar-refractivity contribution < 1.29 is 14.4 Å². The summed E-state index contributed by atoms with van der Waals surface area (Å²) < 4.78 is 11.7. The van der Waals surface area contributed by atoms with Crippen LogP contribution in [0.3, 0.4) is 0 Å². The first kappa shape index (κ1) is 13.1. The highest BCUT2D eigenvalue weighted by Gasteiger charge is 2.05. The van der Waals surface area contributed by atoms with Crippen LogP contribution >= 0.6 is 23.5 Å². The number of nitrogens with zero attached hydrogens (tertiary/aromatic N) is 1. The second kappa shape index (κ2) is 4.92. The summed E-state index contributed by atoms with van der Waals surface area (Å²) in [5.41, 5.74) is -1.20. The Bertz CT molecular complexity index is 569. The van der Waals surface area contributed by atoms with E-state index in [4.69, 9.17) is 9.79 Å². The van der Waals surface area contributed by atoms with E-state index in [2.05, 4.69) is 15.9 Å². The third-order valence-electron chi connectivity index (χ3n) is 1.57. The molecule has 0 amide bonds. The molecule has 1 rings (SSSR count). The van der Waals surface area contributed by atoms with Gasteiger partial charge in [-0.15, -0.1) is 0 Å². The van der Waals surface area contributed by atoms with E-state index in [-0.39, 0.29) is 11.0 Å². The van der Waals surface area contributed by atoms with Crippen LogP contribution in [0.4, 0.5) is 0 Å². The number of allylic oxidation sites excluding steroid dienone is 1. The van der Waals surface area contributed by atoms with Crippen LogP contribution < -0.4 is 11.2 Å². The Hall–Kier alpha value is -0.950. The smallest absolute Gasteiger partial charge is 0.321 e. The summed E-state index contributed by atoms with van der Waals surface area (Å²) in [6, 6.07) is 0. The van der Waals surface area contributed by atoms with Gasteiger partial charge >= 0.3 is 13.3 Å². The average Bonchev–Trinajstić information content (AvgIpc) is 2.11. The van der Waals surface area contributed by atoms with Gasteiger partial charge < -0.3 is 9.79 Å². The van der Waals surface area contributed by atoms with Crippen LogP contribution in [-0.2, 0) is 11.1 Å². The summed E-state index contributed by atoms with van der Waals surface area (Å²) in [6.07, 6.45) is 2.39. The minimum atomic E-state index is -4.22. The van der Waals surface area contributed by atoms with Gasteiger partial charge in [-0.2, -0.15) is 0 Å². The fourth-order valence-electron chi connectivity index (χ4n) is 0.916. The van der Waals surface area contributed by atoms with E-state index in [9.17, 15) is 14.2 Å². The van der Waals surface area contributed by atoms with Crippen molar-refractivity contribution in [3.8, 4) is 0 Å². The van der Waals surface area contributed by atoms with E-state index in [1.165, 1.54) is 6.20 Å². The van der Waals surface area contributed by atoms with Gasteiger partial charge in [-0.05, 0) is 15.9 Å². The second-order valence-electron chi connectivity index (χ2n) is 2.86. The lowest BCUT2D eigenvalue weighted by Crippen LogP contribution is -2.29. The first-order chi connectivity index (χ1) is 7.29. The standard InChI is InChI=1S/C7H8BrN2O5P/c8-5-4-10(7(12)9-6(5)11)2-1-3-16(13,14)15/h1,3-4H,2H2,(H,9,11,12)(H2,13,14,15)/b3-1+. The summed E-state index contributed by atoms with van der Waals surface area (Å²) in [5, 5.41) is 0.